The van der Waals surface area contributed by atoms with Gasteiger partial charge in [-0.25, -0.2) is 4.79 Å². The maximum atomic E-state index is 11.1. The Labute approximate surface area is 128 Å². The number of carbonyl (C=O) groups is 1. The van der Waals surface area contributed by atoms with Crippen LogP contribution >= 0.6 is 11.3 Å². The number of hydrogen-bond donors (Lipinski definition) is 3. The zero-order valence-electron chi connectivity index (χ0n) is 11.2. The van der Waals surface area contributed by atoms with Gasteiger partial charge in [0.05, 0.1) is 10.4 Å². The first-order chi connectivity index (χ1) is 10.5. The summed E-state index contributed by atoms with van der Waals surface area (Å²) in [4.78, 5) is 24.4. The van der Waals surface area contributed by atoms with Crippen LogP contribution in [0.15, 0.2) is 45.6 Å². The molecule has 7 heteroatoms. The number of benzene rings is 1. The molecule has 6 nitrogen and oxygen atoms in total. The minimum atomic E-state index is -0.982. The smallest absolute Gasteiger partial charge is 0.335 e. The van der Waals surface area contributed by atoms with Crippen LogP contribution in [0.4, 0.5) is 0 Å². The minimum Gasteiger partial charge on any atom is -0.494 e. The molecule has 0 bridgehead atoms. The van der Waals surface area contributed by atoms with Crippen molar-refractivity contribution in [2.75, 3.05) is 0 Å². The molecule has 2 heterocycles. The molecule has 0 radical (unpaired) electrons. The predicted molar refractivity (Wildman–Crippen MR) is 80.5 cm³/mol. The molecule has 0 unspecified atom stereocenters. The van der Waals surface area contributed by atoms with Crippen molar-refractivity contribution in [1.82, 2.24) is 4.98 Å². The van der Waals surface area contributed by atoms with Gasteiger partial charge < -0.3 is 14.6 Å². The number of carboxylic acid groups (broad SMARTS) is 1. The van der Waals surface area contributed by atoms with Gasteiger partial charge in [-0.15, -0.1) is 0 Å². The second-order valence-electron chi connectivity index (χ2n) is 4.61. The standard InChI is InChI=1S/C15H11NO5S/c17-13-12(22-15(20)16-13)7-10-5-6-11(21-10)8-1-3-9(4-2-8)14(18)19/h1-6,17H,7H2,(H,16,20)(H,18,19). The van der Waals surface area contributed by atoms with Gasteiger partial charge in [0, 0.05) is 12.0 Å². The third kappa shape index (κ3) is 2.79. The van der Waals surface area contributed by atoms with E-state index in [9.17, 15) is 14.7 Å². The lowest BCUT2D eigenvalue weighted by Crippen LogP contribution is -1.94. The van der Waals surface area contributed by atoms with Crippen LogP contribution in [0, 0.1) is 0 Å². The van der Waals surface area contributed by atoms with Crippen molar-refractivity contribution in [2.24, 2.45) is 0 Å². The van der Waals surface area contributed by atoms with Gasteiger partial charge in [0.2, 0.25) is 5.88 Å². The highest BCUT2D eigenvalue weighted by Crippen LogP contribution is 2.26. The molecule has 0 fully saturated rings. The molecule has 0 saturated heterocycles. The lowest BCUT2D eigenvalue weighted by atomic mass is 10.1. The van der Waals surface area contributed by atoms with Crippen LogP contribution in [0.5, 0.6) is 5.88 Å². The number of nitrogens with one attached hydrogen (secondary N) is 1. The van der Waals surface area contributed by atoms with E-state index in [0.29, 0.717) is 22.8 Å². The Hall–Kier alpha value is -2.80. The summed E-state index contributed by atoms with van der Waals surface area (Å²) in [6.07, 6.45) is 0.308. The fourth-order valence-corrected chi connectivity index (χ4v) is 2.77. The average molecular weight is 317 g/mol. The summed E-state index contributed by atoms with van der Waals surface area (Å²) in [7, 11) is 0. The number of carboxylic acids is 1. The summed E-state index contributed by atoms with van der Waals surface area (Å²) in [5.41, 5.74) is 0.959. The minimum absolute atomic E-state index is 0.140. The van der Waals surface area contributed by atoms with Gasteiger partial charge >= 0.3 is 10.8 Å². The van der Waals surface area contributed by atoms with Gasteiger partial charge in [0.15, 0.2) is 0 Å². The van der Waals surface area contributed by atoms with Crippen LogP contribution in [0.25, 0.3) is 11.3 Å². The van der Waals surface area contributed by atoms with Crippen molar-refractivity contribution in [3.8, 4) is 17.2 Å². The molecule has 0 atom stereocenters. The number of aromatic nitrogens is 1. The number of thiazole rings is 1. The predicted octanol–water partition coefficient (Wildman–Crippen LogP) is 2.69. The Kier molecular flexibility index (Phi) is 3.56. The van der Waals surface area contributed by atoms with Crippen molar-refractivity contribution in [3.63, 3.8) is 0 Å². The van der Waals surface area contributed by atoms with Gasteiger partial charge in [0.25, 0.3) is 0 Å². The van der Waals surface area contributed by atoms with Crippen molar-refractivity contribution in [3.05, 3.63) is 62.3 Å². The Bertz CT molecular complexity index is 872. The van der Waals surface area contributed by atoms with Crippen LogP contribution in [0.1, 0.15) is 21.0 Å². The molecular weight excluding hydrogens is 306 g/mol. The van der Waals surface area contributed by atoms with E-state index in [4.69, 9.17) is 9.52 Å². The number of aromatic hydroxyl groups is 1. The lowest BCUT2D eigenvalue weighted by molar-refractivity contribution is 0.0697. The Morgan fingerprint density at radius 3 is 2.50 bits per heavy atom. The highest BCUT2D eigenvalue weighted by molar-refractivity contribution is 7.09. The maximum absolute atomic E-state index is 11.1. The van der Waals surface area contributed by atoms with Gasteiger partial charge in [-0.2, -0.15) is 0 Å². The van der Waals surface area contributed by atoms with Gasteiger partial charge in [-0.05, 0) is 24.3 Å². The molecule has 0 spiro atoms. The monoisotopic (exact) mass is 317 g/mol. The Morgan fingerprint density at radius 2 is 1.91 bits per heavy atom. The van der Waals surface area contributed by atoms with E-state index in [0.717, 1.165) is 16.9 Å². The summed E-state index contributed by atoms with van der Waals surface area (Å²) in [5.74, 6) is 0.0699. The molecule has 0 saturated carbocycles. The first-order valence-corrected chi connectivity index (χ1v) is 7.18. The van der Waals surface area contributed by atoms with Crippen LogP contribution in [-0.2, 0) is 6.42 Å². The number of furan rings is 1. The molecule has 2 aromatic heterocycles. The van der Waals surface area contributed by atoms with E-state index in [1.54, 1.807) is 24.3 Å². The molecule has 0 aliphatic heterocycles. The fourth-order valence-electron chi connectivity index (χ4n) is 2.04. The second kappa shape index (κ2) is 5.53. The topological polar surface area (TPSA) is 104 Å². The number of aromatic carboxylic acids is 1. The molecule has 3 rings (SSSR count). The van der Waals surface area contributed by atoms with Crippen molar-refractivity contribution in [2.45, 2.75) is 6.42 Å². The van der Waals surface area contributed by atoms with Crippen molar-refractivity contribution < 1.29 is 19.4 Å². The first kappa shape index (κ1) is 14.2. The number of rotatable bonds is 4. The van der Waals surface area contributed by atoms with Crippen LogP contribution in [-0.4, -0.2) is 21.2 Å². The van der Waals surface area contributed by atoms with E-state index in [-0.39, 0.29) is 16.3 Å². The van der Waals surface area contributed by atoms with Crippen molar-refractivity contribution in [1.29, 1.82) is 0 Å². The Balaban J connectivity index is 1.82. The summed E-state index contributed by atoms with van der Waals surface area (Å²) < 4.78 is 5.67. The first-order valence-electron chi connectivity index (χ1n) is 6.36. The van der Waals surface area contributed by atoms with Gasteiger partial charge in [-0.3, -0.25) is 9.78 Å². The molecule has 112 valence electrons. The van der Waals surface area contributed by atoms with Gasteiger partial charge in [0.1, 0.15) is 11.5 Å². The molecule has 0 aliphatic rings. The quantitative estimate of drug-likeness (QED) is 0.686. The van der Waals surface area contributed by atoms with E-state index < -0.39 is 5.97 Å². The number of H-pyrrole nitrogens is 1. The van der Waals surface area contributed by atoms with E-state index >= 15 is 0 Å². The third-order valence-electron chi connectivity index (χ3n) is 3.11. The molecule has 3 N–H and O–H groups in total. The average Bonchev–Trinajstić information content (AvgIpc) is 3.06. The molecular formula is C15H11NO5S. The van der Waals surface area contributed by atoms with Gasteiger partial charge in [-0.1, -0.05) is 23.5 Å². The van der Waals surface area contributed by atoms with E-state index in [1.807, 2.05) is 0 Å². The van der Waals surface area contributed by atoms with E-state index in [1.165, 1.54) is 12.1 Å². The molecule has 22 heavy (non-hydrogen) atoms. The largest absolute Gasteiger partial charge is 0.494 e. The molecule has 0 aliphatic carbocycles. The lowest BCUT2D eigenvalue weighted by Gasteiger charge is -1.99. The van der Waals surface area contributed by atoms with Crippen molar-refractivity contribution >= 4 is 17.3 Å². The van der Waals surface area contributed by atoms with Crippen LogP contribution in [0.3, 0.4) is 0 Å². The van der Waals surface area contributed by atoms with E-state index in [2.05, 4.69) is 4.98 Å². The molecule has 1 aromatic carbocycles. The Morgan fingerprint density at radius 1 is 1.18 bits per heavy atom. The SMILES string of the molecule is O=C(O)c1ccc(-c2ccc(Cc3sc(=O)[nH]c3O)o2)cc1. The highest BCUT2D eigenvalue weighted by atomic mass is 32.1. The fraction of sp³-hybridized carbons (Fsp3) is 0.0667. The molecule has 3 aromatic rings. The molecule has 0 amide bonds. The van der Waals surface area contributed by atoms with Crippen LogP contribution in [0.2, 0.25) is 0 Å². The zero-order valence-corrected chi connectivity index (χ0v) is 12.0. The summed E-state index contributed by atoms with van der Waals surface area (Å²) in [6.45, 7) is 0. The summed E-state index contributed by atoms with van der Waals surface area (Å²) in [5, 5.41) is 18.4. The summed E-state index contributed by atoms with van der Waals surface area (Å²) in [6, 6.07) is 9.85. The highest BCUT2D eigenvalue weighted by Gasteiger charge is 2.12. The summed E-state index contributed by atoms with van der Waals surface area (Å²) >= 11 is 0.933. The maximum Gasteiger partial charge on any atom is 0.335 e. The normalized spacial score (nSPS) is 10.7. The second-order valence-corrected chi connectivity index (χ2v) is 5.68. The van der Waals surface area contributed by atoms with Crippen LogP contribution < -0.4 is 4.87 Å². The third-order valence-corrected chi connectivity index (χ3v) is 3.98. The number of aromatic amines is 1. The zero-order chi connectivity index (χ0) is 15.7. The number of hydrogen-bond acceptors (Lipinski definition) is 5.